The second kappa shape index (κ2) is 7.41. The van der Waals surface area contributed by atoms with Gasteiger partial charge in [0.05, 0.1) is 18.0 Å². The van der Waals surface area contributed by atoms with E-state index in [9.17, 15) is 14.7 Å². The zero-order valence-corrected chi connectivity index (χ0v) is 12.5. The Labute approximate surface area is 130 Å². The molecule has 9 nitrogen and oxygen atoms in total. The molecule has 0 bridgehead atoms. The molecule has 2 rings (SSSR count). The quantitative estimate of drug-likeness (QED) is 0.602. The summed E-state index contributed by atoms with van der Waals surface area (Å²) in [6.45, 7) is -0.0706. The normalized spacial score (nSPS) is 10.2. The number of aromatic hydroxyl groups is 1. The van der Waals surface area contributed by atoms with Gasteiger partial charge in [0, 0.05) is 7.05 Å². The Hall–Kier alpha value is -2.62. The fraction of sp³-hybridized carbons (Fsp3) is 0.250. The second-order valence-electron chi connectivity index (χ2n) is 4.13. The first kappa shape index (κ1) is 15.8. The van der Waals surface area contributed by atoms with Crippen molar-refractivity contribution in [3.8, 4) is 11.4 Å². The van der Waals surface area contributed by atoms with E-state index in [1.54, 1.807) is 12.1 Å². The molecule has 0 aliphatic heterocycles. The van der Waals surface area contributed by atoms with Gasteiger partial charge in [0.15, 0.2) is 0 Å². The van der Waals surface area contributed by atoms with Crippen molar-refractivity contribution in [1.29, 1.82) is 0 Å². The van der Waals surface area contributed by atoms with Crippen LogP contribution in [-0.2, 0) is 9.59 Å². The highest BCUT2D eigenvalue weighted by atomic mass is 32.2. The number of hydrogen-bond acceptors (Lipinski definition) is 7. The number of carbonyl (C=O) groups is 2. The van der Waals surface area contributed by atoms with Crippen molar-refractivity contribution in [3.63, 3.8) is 0 Å². The predicted molar refractivity (Wildman–Crippen MR) is 78.6 cm³/mol. The summed E-state index contributed by atoms with van der Waals surface area (Å²) >= 11 is 1.14. The first-order valence-corrected chi connectivity index (χ1v) is 7.26. The van der Waals surface area contributed by atoms with Crippen LogP contribution >= 0.6 is 11.8 Å². The van der Waals surface area contributed by atoms with Crippen molar-refractivity contribution in [1.82, 2.24) is 30.8 Å². The minimum Gasteiger partial charge on any atom is -0.508 e. The molecule has 0 saturated heterocycles. The van der Waals surface area contributed by atoms with E-state index in [0.29, 0.717) is 10.8 Å². The molecule has 1 aromatic carbocycles. The predicted octanol–water partition coefficient (Wildman–Crippen LogP) is -0.678. The number of carbonyl (C=O) groups excluding carboxylic acids is 2. The fourth-order valence-electron chi connectivity index (χ4n) is 1.47. The Morgan fingerprint density at radius 1 is 1.27 bits per heavy atom. The summed E-state index contributed by atoms with van der Waals surface area (Å²) in [5.74, 6) is -0.351. The van der Waals surface area contributed by atoms with E-state index in [2.05, 4.69) is 26.2 Å². The van der Waals surface area contributed by atoms with Crippen LogP contribution in [0.4, 0.5) is 0 Å². The number of likely N-dealkylation sites (N-methyl/N-ethyl adjacent to an activating group) is 1. The lowest BCUT2D eigenvalue weighted by Gasteiger charge is -2.05. The molecule has 0 atom stereocenters. The van der Waals surface area contributed by atoms with E-state index in [0.717, 1.165) is 11.8 Å². The molecule has 10 heteroatoms. The lowest BCUT2D eigenvalue weighted by molar-refractivity contribution is -0.124. The zero-order chi connectivity index (χ0) is 15.9. The van der Waals surface area contributed by atoms with Crippen LogP contribution in [0.25, 0.3) is 5.69 Å². The van der Waals surface area contributed by atoms with Gasteiger partial charge in [0.2, 0.25) is 17.0 Å². The van der Waals surface area contributed by atoms with Crippen molar-refractivity contribution >= 4 is 23.6 Å². The lowest BCUT2D eigenvalue weighted by Crippen LogP contribution is -2.36. The molecule has 2 aromatic rings. The first-order valence-electron chi connectivity index (χ1n) is 6.28. The molecule has 2 amide bonds. The fourth-order valence-corrected chi connectivity index (χ4v) is 2.19. The standard InChI is InChI=1S/C12H14N6O3S/c1-13-10(20)6-14-11(21)7-22-12-15-16-17-18(12)8-2-4-9(19)5-3-8/h2-5,19H,6-7H2,1H3,(H,13,20)(H,14,21). The number of tetrazole rings is 1. The van der Waals surface area contributed by atoms with E-state index in [1.165, 1.54) is 23.9 Å². The van der Waals surface area contributed by atoms with Gasteiger partial charge in [0.1, 0.15) is 5.75 Å². The number of nitrogens with one attached hydrogen (secondary N) is 2. The van der Waals surface area contributed by atoms with Crippen molar-refractivity contribution < 1.29 is 14.7 Å². The van der Waals surface area contributed by atoms with Gasteiger partial charge in [-0.15, -0.1) is 5.10 Å². The number of amides is 2. The Morgan fingerprint density at radius 2 is 2.00 bits per heavy atom. The summed E-state index contributed by atoms with van der Waals surface area (Å²) in [6.07, 6.45) is 0. The van der Waals surface area contributed by atoms with Crippen molar-refractivity contribution in [2.24, 2.45) is 0 Å². The highest BCUT2D eigenvalue weighted by molar-refractivity contribution is 7.99. The van der Waals surface area contributed by atoms with Gasteiger partial charge >= 0.3 is 0 Å². The molecule has 1 heterocycles. The highest BCUT2D eigenvalue weighted by Gasteiger charge is 2.12. The Bertz CT molecular complexity index is 657. The van der Waals surface area contributed by atoms with Crippen LogP contribution in [-0.4, -0.2) is 56.5 Å². The minimum absolute atomic E-state index is 0.0706. The maximum absolute atomic E-state index is 11.6. The molecule has 22 heavy (non-hydrogen) atoms. The summed E-state index contributed by atoms with van der Waals surface area (Å²) in [4.78, 5) is 22.7. The Kier molecular flexibility index (Phi) is 5.31. The smallest absolute Gasteiger partial charge is 0.239 e. The largest absolute Gasteiger partial charge is 0.508 e. The maximum atomic E-state index is 11.6. The van der Waals surface area contributed by atoms with Gasteiger partial charge in [-0.1, -0.05) is 11.8 Å². The number of aromatic nitrogens is 4. The molecule has 1 aromatic heterocycles. The maximum Gasteiger partial charge on any atom is 0.239 e. The summed E-state index contributed by atoms with van der Waals surface area (Å²) in [7, 11) is 1.50. The van der Waals surface area contributed by atoms with Gasteiger partial charge in [-0.25, -0.2) is 0 Å². The second-order valence-corrected chi connectivity index (χ2v) is 5.07. The molecule has 116 valence electrons. The Balaban J connectivity index is 1.94. The number of hydrogen-bond donors (Lipinski definition) is 3. The third kappa shape index (κ3) is 4.19. The van der Waals surface area contributed by atoms with Crippen LogP contribution in [0.15, 0.2) is 29.4 Å². The lowest BCUT2D eigenvalue weighted by atomic mass is 10.3. The molecule has 0 spiro atoms. The minimum atomic E-state index is -0.297. The van der Waals surface area contributed by atoms with E-state index >= 15 is 0 Å². The molecule has 0 aliphatic rings. The van der Waals surface area contributed by atoms with Crippen LogP contribution in [0.3, 0.4) is 0 Å². The SMILES string of the molecule is CNC(=O)CNC(=O)CSc1nnnn1-c1ccc(O)cc1. The molecule has 3 N–H and O–H groups in total. The van der Waals surface area contributed by atoms with Crippen LogP contribution in [0, 0.1) is 0 Å². The molecule has 0 aliphatic carbocycles. The molecule has 0 fully saturated rings. The highest BCUT2D eigenvalue weighted by Crippen LogP contribution is 2.19. The first-order chi connectivity index (χ1) is 10.6. The summed E-state index contributed by atoms with van der Waals surface area (Å²) in [5.41, 5.74) is 0.663. The average molecular weight is 322 g/mol. The van der Waals surface area contributed by atoms with Crippen molar-refractivity contribution in [2.45, 2.75) is 5.16 Å². The van der Waals surface area contributed by atoms with E-state index in [1.807, 2.05) is 0 Å². The van der Waals surface area contributed by atoms with Crippen LogP contribution in [0.5, 0.6) is 5.75 Å². The molecular weight excluding hydrogens is 308 g/mol. The number of benzene rings is 1. The van der Waals surface area contributed by atoms with Crippen molar-refractivity contribution in [2.75, 3.05) is 19.3 Å². The number of phenolic OH excluding ortho intramolecular Hbond substituents is 1. The number of rotatable bonds is 6. The molecule has 0 radical (unpaired) electrons. The number of nitrogens with zero attached hydrogens (tertiary/aromatic N) is 4. The third-order valence-corrected chi connectivity index (χ3v) is 3.51. The monoisotopic (exact) mass is 322 g/mol. The van der Waals surface area contributed by atoms with Crippen LogP contribution in [0.1, 0.15) is 0 Å². The molecule has 0 saturated carbocycles. The van der Waals surface area contributed by atoms with Crippen LogP contribution in [0.2, 0.25) is 0 Å². The molecule has 0 unspecified atom stereocenters. The third-order valence-electron chi connectivity index (χ3n) is 2.59. The topological polar surface area (TPSA) is 122 Å². The van der Waals surface area contributed by atoms with Gasteiger partial charge in [-0.3, -0.25) is 9.59 Å². The Morgan fingerprint density at radius 3 is 2.68 bits per heavy atom. The molecular formula is C12H14N6O3S. The van der Waals surface area contributed by atoms with Gasteiger partial charge in [0.25, 0.3) is 0 Å². The summed E-state index contributed by atoms with van der Waals surface area (Å²) in [6, 6.07) is 6.34. The van der Waals surface area contributed by atoms with Gasteiger partial charge < -0.3 is 15.7 Å². The van der Waals surface area contributed by atoms with Gasteiger partial charge in [-0.2, -0.15) is 4.68 Å². The number of phenols is 1. The summed E-state index contributed by atoms with van der Waals surface area (Å²) in [5, 5.41) is 25.8. The average Bonchev–Trinajstić information content (AvgIpc) is 2.99. The van der Waals surface area contributed by atoms with E-state index in [-0.39, 0.29) is 29.9 Å². The summed E-state index contributed by atoms with van der Waals surface area (Å²) < 4.78 is 1.45. The van der Waals surface area contributed by atoms with Gasteiger partial charge in [-0.05, 0) is 34.7 Å². The van der Waals surface area contributed by atoms with Crippen molar-refractivity contribution in [3.05, 3.63) is 24.3 Å². The van der Waals surface area contributed by atoms with E-state index < -0.39 is 0 Å². The van der Waals surface area contributed by atoms with Crippen LogP contribution < -0.4 is 10.6 Å². The number of thioether (sulfide) groups is 1. The van der Waals surface area contributed by atoms with E-state index in [4.69, 9.17) is 0 Å². The zero-order valence-electron chi connectivity index (χ0n) is 11.7.